The van der Waals surface area contributed by atoms with Crippen LogP contribution in [-0.2, 0) is 0 Å². The summed E-state index contributed by atoms with van der Waals surface area (Å²) in [5.41, 5.74) is 0.356. The van der Waals surface area contributed by atoms with Crippen LogP contribution < -0.4 is 15.4 Å². The minimum absolute atomic E-state index is 0.0162. The van der Waals surface area contributed by atoms with Crippen molar-refractivity contribution in [2.24, 2.45) is 0 Å². The molecule has 0 aliphatic heterocycles. The summed E-state index contributed by atoms with van der Waals surface area (Å²) in [6.45, 7) is 0. The molecule has 130 valence electrons. The Morgan fingerprint density at radius 2 is 1.84 bits per heavy atom. The number of nitrogens with one attached hydrogen (secondary N) is 2. The first-order valence-corrected chi connectivity index (χ1v) is 7.97. The van der Waals surface area contributed by atoms with E-state index in [1.54, 1.807) is 12.1 Å². The average molecular weight is 399 g/mol. The van der Waals surface area contributed by atoms with Gasteiger partial charge in [0.25, 0.3) is 5.91 Å². The number of rotatable bonds is 4. The SMILES string of the molecule is COc1c(Cl)cc(Cl)cc1C(=O)NC(=S)Nc1ccccc1C(=O)O. The molecule has 0 saturated heterocycles. The first kappa shape index (κ1) is 19.0. The van der Waals surface area contributed by atoms with E-state index in [9.17, 15) is 9.59 Å². The maximum atomic E-state index is 12.4. The van der Waals surface area contributed by atoms with Crippen LogP contribution in [0.25, 0.3) is 0 Å². The fourth-order valence-electron chi connectivity index (χ4n) is 2.04. The first-order chi connectivity index (χ1) is 11.8. The van der Waals surface area contributed by atoms with E-state index in [2.05, 4.69) is 10.6 Å². The molecule has 0 radical (unpaired) electrons. The summed E-state index contributed by atoms with van der Waals surface area (Å²) in [6, 6.07) is 8.98. The maximum Gasteiger partial charge on any atom is 0.337 e. The molecule has 2 aromatic carbocycles. The van der Waals surface area contributed by atoms with Crippen LogP contribution in [0.2, 0.25) is 10.0 Å². The summed E-state index contributed by atoms with van der Waals surface area (Å²) in [5, 5.41) is 14.6. The zero-order valence-electron chi connectivity index (χ0n) is 12.8. The van der Waals surface area contributed by atoms with Crippen LogP contribution in [-0.4, -0.2) is 29.2 Å². The molecular weight excluding hydrogens is 387 g/mol. The zero-order valence-corrected chi connectivity index (χ0v) is 15.1. The fraction of sp³-hybridized carbons (Fsp3) is 0.0625. The van der Waals surface area contributed by atoms with Gasteiger partial charge >= 0.3 is 5.97 Å². The molecule has 9 heteroatoms. The summed E-state index contributed by atoms with van der Waals surface area (Å²) in [5.74, 6) is -1.58. The van der Waals surface area contributed by atoms with E-state index in [4.69, 9.17) is 45.3 Å². The predicted octanol–water partition coefficient (Wildman–Crippen LogP) is 3.83. The summed E-state index contributed by atoms with van der Waals surface area (Å²) in [4.78, 5) is 23.6. The van der Waals surface area contributed by atoms with E-state index < -0.39 is 11.9 Å². The molecule has 25 heavy (non-hydrogen) atoms. The molecule has 0 heterocycles. The van der Waals surface area contributed by atoms with Gasteiger partial charge in [-0.15, -0.1) is 0 Å². The Bertz CT molecular complexity index is 858. The Balaban J connectivity index is 2.20. The van der Waals surface area contributed by atoms with Crippen molar-refractivity contribution in [2.45, 2.75) is 0 Å². The monoisotopic (exact) mass is 398 g/mol. The molecule has 0 aromatic heterocycles. The molecule has 2 aromatic rings. The van der Waals surface area contributed by atoms with Crippen LogP contribution in [0.3, 0.4) is 0 Å². The second-order valence-corrected chi connectivity index (χ2v) is 5.98. The number of hydrogen-bond acceptors (Lipinski definition) is 4. The molecule has 0 spiro atoms. The van der Waals surface area contributed by atoms with Gasteiger partial charge in [-0.3, -0.25) is 10.1 Å². The number of hydrogen-bond donors (Lipinski definition) is 3. The molecule has 1 amide bonds. The highest BCUT2D eigenvalue weighted by molar-refractivity contribution is 7.80. The van der Waals surface area contributed by atoms with E-state index in [0.717, 1.165) is 0 Å². The van der Waals surface area contributed by atoms with Gasteiger partial charge in [0, 0.05) is 5.02 Å². The standard InChI is InChI=1S/C16H12Cl2N2O4S/c1-24-13-10(6-8(17)7-11(13)18)14(21)20-16(25)19-12-5-3-2-4-9(12)15(22)23/h2-7H,1H3,(H,22,23)(H2,19,20,21,25). The van der Waals surface area contributed by atoms with Crippen molar-refractivity contribution in [1.29, 1.82) is 0 Å². The lowest BCUT2D eigenvalue weighted by atomic mass is 10.2. The van der Waals surface area contributed by atoms with Gasteiger partial charge in [0.1, 0.15) is 5.75 Å². The number of benzene rings is 2. The molecular formula is C16H12Cl2N2O4S. The Kier molecular flexibility index (Phi) is 6.19. The van der Waals surface area contributed by atoms with E-state index in [0.29, 0.717) is 0 Å². The number of amides is 1. The van der Waals surface area contributed by atoms with Crippen LogP contribution in [0.1, 0.15) is 20.7 Å². The van der Waals surface area contributed by atoms with Gasteiger partial charge in [-0.2, -0.15) is 0 Å². The average Bonchev–Trinajstić information content (AvgIpc) is 2.54. The Labute approximate surface area is 158 Å². The van der Waals surface area contributed by atoms with Gasteiger partial charge in [-0.25, -0.2) is 4.79 Å². The summed E-state index contributed by atoms with van der Waals surface area (Å²) in [6.07, 6.45) is 0. The van der Waals surface area contributed by atoms with Crippen LogP contribution in [0.15, 0.2) is 36.4 Å². The normalized spacial score (nSPS) is 10.0. The number of carboxylic acids is 1. The summed E-state index contributed by atoms with van der Waals surface area (Å²) < 4.78 is 5.11. The third kappa shape index (κ3) is 4.60. The molecule has 0 aliphatic rings. The van der Waals surface area contributed by atoms with E-state index in [1.165, 1.54) is 31.4 Å². The molecule has 0 aliphatic carbocycles. The van der Waals surface area contributed by atoms with Crippen molar-refractivity contribution in [2.75, 3.05) is 12.4 Å². The third-order valence-corrected chi connectivity index (χ3v) is 3.79. The van der Waals surface area contributed by atoms with Gasteiger partial charge in [-0.1, -0.05) is 35.3 Å². The number of thiocarbonyl (C=S) groups is 1. The first-order valence-electron chi connectivity index (χ1n) is 6.81. The molecule has 0 atom stereocenters. The number of anilines is 1. The topological polar surface area (TPSA) is 87.7 Å². The minimum atomic E-state index is -1.12. The van der Waals surface area contributed by atoms with Crippen molar-refractivity contribution in [3.63, 3.8) is 0 Å². The molecule has 0 bridgehead atoms. The number of carbonyl (C=O) groups is 2. The lowest BCUT2D eigenvalue weighted by Gasteiger charge is -2.14. The third-order valence-electron chi connectivity index (χ3n) is 3.09. The second kappa shape index (κ2) is 8.15. The molecule has 0 fully saturated rings. The molecule has 6 nitrogen and oxygen atoms in total. The Morgan fingerprint density at radius 1 is 1.16 bits per heavy atom. The van der Waals surface area contributed by atoms with Gasteiger partial charge in [0.05, 0.1) is 28.9 Å². The number of methoxy groups -OCH3 is 1. The number of carbonyl (C=O) groups excluding carboxylic acids is 1. The van der Waals surface area contributed by atoms with E-state index >= 15 is 0 Å². The quantitative estimate of drug-likeness (QED) is 0.678. The predicted molar refractivity (Wildman–Crippen MR) is 100 cm³/mol. The molecule has 3 N–H and O–H groups in total. The largest absolute Gasteiger partial charge is 0.494 e. The number of para-hydroxylation sites is 1. The zero-order chi connectivity index (χ0) is 18.6. The fourth-order valence-corrected chi connectivity index (χ4v) is 2.81. The highest BCUT2D eigenvalue weighted by Gasteiger charge is 2.18. The van der Waals surface area contributed by atoms with E-state index in [1.807, 2.05) is 0 Å². The molecule has 0 unspecified atom stereocenters. The van der Waals surface area contributed by atoms with Gasteiger partial charge in [-0.05, 0) is 36.5 Å². The van der Waals surface area contributed by atoms with Crippen LogP contribution >= 0.6 is 35.4 Å². The van der Waals surface area contributed by atoms with Crippen molar-refractivity contribution in [3.8, 4) is 5.75 Å². The van der Waals surface area contributed by atoms with Gasteiger partial charge in [0.2, 0.25) is 0 Å². The summed E-state index contributed by atoms with van der Waals surface area (Å²) in [7, 11) is 1.37. The number of ether oxygens (including phenoxy) is 1. The molecule has 2 rings (SSSR count). The van der Waals surface area contributed by atoms with Crippen molar-refractivity contribution in [1.82, 2.24) is 5.32 Å². The van der Waals surface area contributed by atoms with Crippen molar-refractivity contribution >= 4 is 58.1 Å². The van der Waals surface area contributed by atoms with Gasteiger partial charge < -0.3 is 15.2 Å². The second-order valence-electron chi connectivity index (χ2n) is 4.73. The highest BCUT2D eigenvalue weighted by Crippen LogP contribution is 2.32. The minimum Gasteiger partial charge on any atom is -0.494 e. The lowest BCUT2D eigenvalue weighted by molar-refractivity contribution is 0.0698. The number of halogens is 2. The van der Waals surface area contributed by atoms with Crippen LogP contribution in [0.4, 0.5) is 5.69 Å². The smallest absolute Gasteiger partial charge is 0.337 e. The van der Waals surface area contributed by atoms with Crippen molar-refractivity contribution in [3.05, 3.63) is 57.6 Å². The van der Waals surface area contributed by atoms with Crippen LogP contribution in [0, 0.1) is 0 Å². The number of carboxylic acid groups (broad SMARTS) is 1. The maximum absolute atomic E-state index is 12.4. The molecule has 0 saturated carbocycles. The number of aromatic carboxylic acids is 1. The summed E-state index contributed by atoms with van der Waals surface area (Å²) >= 11 is 17.0. The lowest BCUT2D eigenvalue weighted by Crippen LogP contribution is -2.34. The van der Waals surface area contributed by atoms with Crippen molar-refractivity contribution < 1.29 is 19.4 Å². The highest BCUT2D eigenvalue weighted by atomic mass is 35.5. The van der Waals surface area contributed by atoms with Gasteiger partial charge in [0.15, 0.2) is 5.11 Å². The van der Waals surface area contributed by atoms with Crippen LogP contribution in [0.5, 0.6) is 5.75 Å². The Hall–Kier alpha value is -2.35. The van der Waals surface area contributed by atoms with E-state index in [-0.39, 0.29) is 37.7 Å². The Morgan fingerprint density at radius 3 is 2.48 bits per heavy atom.